The predicted molar refractivity (Wildman–Crippen MR) is 112 cm³/mol. The summed E-state index contributed by atoms with van der Waals surface area (Å²) in [6.07, 6.45) is 3.51. The van der Waals surface area contributed by atoms with Crippen LogP contribution in [0.4, 0.5) is 4.79 Å². The van der Waals surface area contributed by atoms with Crippen LogP contribution < -0.4 is 0 Å². The minimum atomic E-state index is -0.361. The van der Waals surface area contributed by atoms with Crippen LogP contribution in [0.5, 0.6) is 0 Å². The van der Waals surface area contributed by atoms with Gasteiger partial charge in [0.05, 0.1) is 18.6 Å². The van der Waals surface area contributed by atoms with Gasteiger partial charge in [0.15, 0.2) is 0 Å². The summed E-state index contributed by atoms with van der Waals surface area (Å²) in [6, 6.07) is 17.0. The number of ether oxygens (including phenoxy) is 1. The molecule has 0 saturated carbocycles. The number of carbonyl (C=O) groups excluding carboxylic acids is 3. The van der Waals surface area contributed by atoms with Crippen LogP contribution in [-0.2, 0) is 27.4 Å². The number of nitrogens with zero attached hydrogens (tertiary/aromatic N) is 2. The number of hydrogen-bond acceptors (Lipinski definition) is 5. The van der Waals surface area contributed by atoms with Crippen LogP contribution in [0.2, 0.25) is 0 Å². The van der Waals surface area contributed by atoms with Crippen LogP contribution in [0, 0.1) is 0 Å². The lowest BCUT2D eigenvalue weighted by Crippen LogP contribution is -2.27. The Balaban J connectivity index is 1.66. The van der Waals surface area contributed by atoms with E-state index in [4.69, 9.17) is 4.74 Å². The van der Waals surface area contributed by atoms with E-state index in [1.807, 2.05) is 54.6 Å². The van der Waals surface area contributed by atoms with Crippen molar-refractivity contribution in [3.05, 3.63) is 76.8 Å². The number of fused-ring (bicyclic) bond motifs is 1. The Kier molecular flexibility index (Phi) is 5.22. The second-order valence-electron chi connectivity index (χ2n) is 6.56. The molecule has 1 aromatic heterocycles. The zero-order chi connectivity index (χ0) is 20.4. The summed E-state index contributed by atoms with van der Waals surface area (Å²) >= 11 is 0.930. The van der Waals surface area contributed by atoms with Crippen molar-refractivity contribution < 1.29 is 19.1 Å². The molecule has 146 valence electrons. The van der Waals surface area contributed by atoms with Crippen molar-refractivity contribution in [3.8, 4) is 0 Å². The van der Waals surface area contributed by atoms with Crippen LogP contribution in [-0.4, -0.2) is 33.7 Å². The van der Waals surface area contributed by atoms with E-state index in [1.54, 1.807) is 16.8 Å². The summed E-state index contributed by atoms with van der Waals surface area (Å²) in [6.45, 7) is 0.313. The third-order valence-electron chi connectivity index (χ3n) is 4.69. The van der Waals surface area contributed by atoms with Gasteiger partial charge in [-0.3, -0.25) is 19.3 Å². The number of para-hydroxylation sites is 1. The van der Waals surface area contributed by atoms with Crippen LogP contribution in [0.25, 0.3) is 17.0 Å². The molecule has 0 N–H and O–H groups in total. The Hall–Kier alpha value is -3.32. The molecule has 1 aliphatic heterocycles. The van der Waals surface area contributed by atoms with Gasteiger partial charge in [0.25, 0.3) is 11.1 Å². The number of carbonyl (C=O) groups is 3. The van der Waals surface area contributed by atoms with Crippen LogP contribution in [0.3, 0.4) is 0 Å². The molecule has 1 aliphatic rings. The van der Waals surface area contributed by atoms with E-state index < -0.39 is 0 Å². The number of amides is 2. The maximum absolute atomic E-state index is 12.8. The number of benzene rings is 2. The van der Waals surface area contributed by atoms with Gasteiger partial charge >= 0.3 is 5.97 Å². The van der Waals surface area contributed by atoms with Crippen LogP contribution >= 0.6 is 11.8 Å². The Morgan fingerprint density at radius 1 is 1.07 bits per heavy atom. The van der Waals surface area contributed by atoms with Crippen molar-refractivity contribution in [2.75, 3.05) is 7.11 Å². The van der Waals surface area contributed by atoms with Gasteiger partial charge in [-0.2, -0.15) is 0 Å². The van der Waals surface area contributed by atoms with Gasteiger partial charge in [0, 0.05) is 22.7 Å². The lowest BCUT2D eigenvalue weighted by Gasteiger charge is -2.12. The lowest BCUT2D eigenvalue weighted by molar-refractivity contribution is -0.141. The maximum Gasteiger partial charge on any atom is 0.325 e. The van der Waals surface area contributed by atoms with Crippen molar-refractivity contribution in [2.45, 2.75) is 13.1 Å². The second-order valence-corrected chi connectivity index (χ2v) is 7.55. The van der Waals surface area contributed by atoms with E-state index >= 15 is 0 Å². The number of imide groups is 1. The summed E-state index contributed by atoms with van der Waals surface area (Å²) in [5.74, 6) is -0.672. The standard InChI is InChI=1S/C22H18N2O4S/c1-28-20(25)14-23-13-16(17-9-5-6-10-18(17)23)11-19-21(26)24(22(27)29-19)12-15-7-3-2-4-8-15/h2-11,13H,12,14H2,1H3/b19-11-. The van der Waals surface area contributed by atoms with E-state index in [-0.39, 0.29) is 30.2 Å². The van der Waals surface area contributed by atoms with Gasteiger partial charge in [-0.15, -0.1) is 0 Å². The number of esters is 1. The quantitative estimate of drug-likeness (QED) is 0.472. The second kappa shape index (κ2) is 7.97. The number of rotatable bonds is 5. The Bertz CT molecular complexity index is 1130. The molecule has 2 heterocycles. The van der Waals surface area contributed by atoms with Crippen molar-refractivity contribution in [2.24, 2.45) is 0 Å². The summed E-state index contributed by atoms with van der Waals surface area (Å²) in [5, 5.41) is 0.606. The van der Waals surface area contributed by atoms with Gasteiger partial charge < -0.3 is 9.30 Å². The van der Waals surface area contributed by atoms with E-state index in [9.17, 15) is 14.4 Å². The minimum Gasteiger partial charge on any atom is -0.468 e. The molecule has 0 radical (unpaired) electrons. The molecule has 0 spiro atoms. The molecule has 4 rings (SSSR count). The average molecular weight is 406 g/mol. The molecule has 2 aromatic carbocycles. The SMILES string of the molecule is COC(=O)Cn1cc(/C=C2\SC(=O)N(Cc3ccccc3)C2=O)c2ccccc21. The first kappa shape index (κ1) is 19.0. The Morgan fingerprint density at radius 2 is 1.79 bits per heavy atom. The predicted octanol–water partition coefficient (Wildman–Crippen LogP) is 4.05. The van der Waals surface area contributed by atoms with Crippen molar-refractivity contribution in [3.63, 3.8) is 0 Å². The third kappa shape index (κ3) is 3.82. The number of methoxy groups -OCH3 is 1. The molecular formula is C22H18N2O4S. The van der Waals surface area contributed by atoms with Crippen LogP contribution in [0.1, 0.15) is 11.1 Å². The molecule has 3 aromatic rings. The smallest absolute Gasteiger partial charge is 0.325 e. The Morgan fingerprint density at radius 3 is 2.55 bits per heavy atom. The monoisotopic (exact) mass is 406 g/mol. The van der Waals surface area contributed by atoms with Crippen molar-refractivity contribution >= 4 is 45.9 Å². The molecule has 0 aliphatic carbocycles. The van der Waals surface area contributed by atoms with Gasteiger partial charge in [-0.1, -0.05) is 48.5 Å². The first-order valence-electron chi connectivity index (χ1n) is 9.01. The highest BCUT2D eigenvalue weighted by Gasteiger charge is 2.35. The molecule has 0 unspecified atom stereocenters. The summed E-state index contributed by atoms with van der Waals surface area (Å²) < 4.78 is 6.54. The molecular weight excluding hydrogens is 388 g/mol. The average Bonchev–Trinajstić information content (AvgIpc) is 3.21. The highest BCUT2D eigenvalue weighted by molar-refractivity contribution is 8.18. The summed E-state index contributed by atoms with van der Waals surface area (Å²) in [4.78, 5) is 38.6. The normalized spacial score (nSPS) is 15.5. The number of aromatic nitrogens is 1. The van der Waals surface area contributed by atoms with Gasteiger partial charge in [-0.05, 0) is 29.5 Å². The number of thioether (sulfide) groups is 1. The molecule has 1 fully saturated rings. The van der Waals surface area contributed by atoms with E-state index in [2.05, 4.69) is 0 Å². The van der Waals surface area contributed by atoms with Crippen molar-refractivity contribution in [1.82, 2.24) is 9.47 Å². The molecule has 7 heteroatoms. The number of hydrogen-bond donors (Lipinski definition) is 0. The van der Waals surface area contributed by atoms with Crippen LogP contribution in [0.15, 0.2) is 65.7 Å². The molecule has 29 heavy (non-hydrogen) atoms. The fourth-order valence-electron chi connectivity index (χ4n) is 3.27. The molecule has 0 atom stereocenters. The van der Waals surface area contributed by atoms with E-state index in [0.717, 1.165) is 33.8 Å². The molecule has 2 amide bonds. The highest BCUT2D eigenvalue weighted by atomic mass is 32.2. The third-order valence-corrected chi connectivity index (χ3v) is 5.60. The fourth-order valence-corrected chi connectivity index (χ4v) is 4.10. The van der Waals surface area contributed by atoms with E-state index in [0.29, 0.717) is 4.91 Å². The first-order chi connectivity index (χ1) is 14.1. The highest BCUT2D eigenvalue weighted by Crippen LogP contribution is 2.35. The fraction of sp³-hybridized carbons (Fsp3) is 0.136. The largest absolute Gasteiger partial charge is 0.468 e. The zero-order valence-electron chi connectivity index (χ0n) is 15.7. The zero-order valence-corrected chi connectivity index (χ0v) is 16.5. The topological polar surface area (TPSA) is 68.6 Å². The molecule has 6 nitrogen and oxygen atoms in total. The van der Waals surface area contributed by atoms with E-state index in [1.165, 1.54) is 12.0 Å². The first-order valence-corrected chi connectivity index (χ1v) is 9.82. The van der Waals surface area contributed by atoms with Crippen molar-refractivity contribution in [1.29, 1.82) is 0 Å². The van der Waals surface area contributed by atoms with Gasteiger partial charge in [0.2, 0.25) is 0 Å². The summed E-state index contributed by atoms with van der Waals surface area (Å²) in [7, 11) is 1.34. The maximum atomic E-state index is 12.8. The Labute approximate surface area is 171 Å². The molecule has 1 saturated heterocycles. The lowest BCUT2D eigenvalue weighted by atomic mass is 10.1. The summed E-state index contributed by atoms with van der Waals surface area (Å²) in [5.41, 5.74) is 2.52. The molecule has 0 bridgehead atoms. The van der Waals surface area contributed by atoms with Gasteiger partial charge in [-0.25, -0.2) is 0 Å². The van der Waals surface area contributed by atoms with Gasteiger partial charge in [0.1, 0.15) is 6.54 Å². The minimum absolute atomic E-state index is 0.0698.